The van der Waals surface area contributed by atoms with Crippen molar-refractivity contribution in [2.75, 3.05) is 0 Å². The molecule has 2 rings (SSSR count). The zero-order valence-electron chi connectivity index (χ0n) is 8.43. The predicted octanol–water partition coefficient (Wildman–Crippen LogP) is 2.58. The van der Waals surface area contributed by atoms with Gasteiger partial charge in [-0.3, -0.25) is 0 Å². The lowest BCUT2D eigenvalue weighted by molar-refractivity contribution is 0.0663. The van der Waals surface area contributed by atoms with E-state index in [0.29, 0.717) is 10.8 Å². The summed E-state index contributed by atoms with van der Waals surface area (Å²) in [5.41, 5.74) is 0.756. The number of aliphatic hydroxyl groups excluding tert-OH is 1. The Labute approximate surface area is 75.2 Å². The van der Waals surface area contributed by atoms with Crippen molar-refractivity contribution in [1.29, 1.82) is 0 Å². The Bertz CT molecular complexity index is 186. The first-order valence-electron chi connectivity index (χ1n) is 5.15. The van der Waals surface area contributed by atoms with Crippen LogP contribution in [0.3, 0.4) is 0 Å². The molecule has 0 saturated heterocycles. The Morgan fingerprint density at radius 3 is 2.08 bits per heavy atom. The Hall–Kier alpha value is -0.0400. The number of aliphatic hydroxyl groups is 1. The first-order chi connectivity index (χ1) is 5.47. The molecule has 0 heterocycles. The average molecular weight is 168 g/mol. The Balaban J connectivity index is 2.19. The van der Waals surface area contributed by atoms with Crippen LogP contribution in [0.1, 0.15) is 46.5 Å². The molecule has 0 bridgehead atoms. The molecule has 1 heteroatoms. The SMILES string of the molecule is CC(C)(C)C1CCC(O)C12CC2. The molecule has 2 saturated carbocycles. The molecule has 2 unspecified atom stereocenters. The molecule has 0 aromatic carbocycles. The van der Waals surface area contributed by atoms with Gasteiger partial charge in [-0.1, -0.05) is 20.8 Å². The highest BCUT2D eigenvalue weighted by atomic mass is 16.3. The first-order valence-corrected chi connectivity index (χ1v) is 5.15. The molecule has 1 spiro atoms. The van der Waals surface area contributed by atoms with E-state index in [2.05, 4.69) is 20.8 Å². The van der Waals surface area contributed by atoms with Gasteiger partial charge in [0.15, 0.2) is 0 Å². The van der Waals surface area contributed by atoms with Crippen LogP contribution in [0.2, 0.25) is 0 Å². The van der Waals surface area contributed by atoms with Gasteiger partial charge < -0.3 is 5.11 Å². The maximum Gasteiger partial charge on any atom is 0.0599 e. The second-order valence-electron chi connectivity index (χ2n) is 5.74. The summed E-state index contributed by atoms with van der Waals surface area (Å²) in [6.07, 6.45) is 4.85. The third-order valence-electron chi connectivity index (χ3n) is 3.96. The lowest BCUT2D eigenvalue weighted by atomic mass is 9.72. The largest absolute Gasteiger partial charge is 0.393 e. The van der Waals surface area contributed by atoms with E-state index in [9.17, 15) is 5.11 Å². The van der Waals surface area contributed by atoms with Gasteiger partial charge in [0.2, 0.25) is 0 Å². The molecule has 0 aromatic heterocycles. The van der Waals surface area contributed by atoms with E-state index in [1.807, 2.05) is 0 Å². The summed E-state index contributed by atoms with van der Waals surface area (Å²) in [5, 5.41) is 9.85. The van der Waals surface area contributed by atoms with Gasteiger partial charge in [-0.2, -0.15) is 0 Å². The number of hydrogen-bond donors (Lipinski definition) is 1. The number of rotatable bonds is 0. The standard InChI is InChI=1S/C11H20O/c1-10(2,3)8-4-5-9(12)11(8)6-7-11/h8-9,12H,4-7H2,1-3H3. The van der Waals surface area contributed by atoms with Gasteiger partial charge in [0.1, 0.15) is 0 Å². The van der Waals surface area contributed by atoms with Gasteiger partial charge >= 0.3 is 0 Å². The summed E-state index contributed by atoms with van der Waals surface area (Å²) in [6, 6.07) is 0. The van der Waals surface area contributed by atoms with Crippen LogP contribution in [-0.4, -0.2) is 11.2 Å². The highest BCUT2D eigenvalue weighted by molar-refractivity contribution is 5.10. The molecule has 2 aliphatic rings. The molecule has 12 heavy (non-hydrogen) atoms. The van der Waals surface area contributed by atoms with Gasteiger partial charge in [-0.15, -0.1) is 0 Å². The van der Waals surface area contributed by atoms with E-state index >= 15 is 0 Å². The highest BCUT2D eigenvalue weighted by Crippen LogP contribution is 2.65. The number of hydrogen-bond acceptors (Lipinski definition) is 1. The second kappa shape index (κ2) is 2.25. The van der Waals surface area contributed by atoms with Gasteiger partial charge in [-0.05, 0) is 42.4 Å². The van der Waals surface area contributed by atoms with Crippen LogP contribution in [0.15, 0.2) is 0 Å². The molecule has 2 aliphatic carbocycles. The molecule has 1 N–H and O–H groups in total. The quantitative estimate of drug-likeness (QED) is 0.589. The summed E-state index contributed by atoms with van der Waals surface area (Å²) < 4.78 is 0. The maximum absolute atomic E-state index is 9.85. The van der Waals surface area contributed by atoms with Gasteiger partial charge in [0.25, 0.3) is 0 Å². The molecule has 2 atom stereocenters. The minimum absolute atomic E-state index is 0.0155. The van der Waals surface area contributed by atoms with Crippen LogP contribution in [0.25, 0.3) is 0 Å². The summed E-state index contributed by atoms with van der Waals surface area (Å²) >= 11 is 0. The van der Waals surface area contributed by atoms with Crippen LogP contribution < -0.4 is 0 Å². The third-order valence-corrected chi connectivity index (χ3v) is 3.96. The van der Waals surface area contributed by atoms with Crippen LogP contribution >= 0.6 is 0 Å². The Morgan fingerprint density at radius 1 is 1.17 bits per heavy atom. The van der Waals surface area contributed by atoms with Crippen molar-refractivity contribution in [3.63, 3.8) is 0 Å². The van der Waals surface area contributed by atoms with Crippen molar-refractivity contribution in [2.45, 2.75) is 52.6 Å². The Kier molecular flexibility index (Phi) is 1.61. The van der Waals surface area contributed by atoms with Crippen LogP contribution in [0.5, 0.6) is 0 Å². The molecule has 0 amide bonds. The van der Waals surface area contributed by atoms with E-state index < -0.39 is 0 Å². The fourth-order valence-corrected chi connectivity index (χ4v) is 3.25. The molecular formula is C11H20O. The molecule has 0 aromatic rings. The predicted molar refractivity (Wildman–Crippen MR) is 49.9 cm³/mol. The highest BCUT2D eigenvalue weighted by Gasteiger charge is 2.60. The van der Waals surface area contributed by atoms with Gasteiger partial charge in [0, 0.05) is 0 Å². The zero-order chi connectivity index (χ0) is 8.98. The molecular weight excluding hydrogens is 148 g/mol. The molecule has 1 nitrogen and oxygen atoms in total. The summed E-state index contributed by atoms with van der Waals surface area (Å²) in [7, 11) is 0. The average Bonchev–Trinajstić information content (AvgIpc) is 2.58. The molecule has 0 aliphatic heterocycles. The van der Waals surface area contributed by atoms with E-state index in [4.69, 9.17) is 0 Å². The first kappa shape index (κ1) is 8.55. The fourth-order valence-electron chi connectivity index (χ4n) is 3.25. The van der Waals surface area contributed by atoms with Crippen molar-refractivity contribution >= 4 is 0 Å². The van der Waals surface area contributed by atoms with Crippen molar-refractivity contribution in [2.24, 2.45) is 16.7 Å². The van der Waals surface area contributed by atoms with Crippen LogP contribution in [0.4, 0.5) is 0 Å². The van der Waals surface area contributed by atoms with E-state index in [0.717, 1.165) is 12.3 Å². The third kappa shape index (κ3) is 1.02. The van der Waals surface area contributed by atoms with Crippen molar-refractivity contribution in [3.8, 4) is 0 Å². The van der Waals surface area contributed by atoms with Crippen molar-refractivity contribution < 1.29 is 5.11 Å². The summed E-state index contributed by atoms with van der Waals surface area (Å²) in [5.74, 6) is 0.764. The maximum atomic E-state index is 9.85. The van der Waals surface area contributed by atoms with E-state index in [-0.39, 0.29) is 6.10 Å². The lowest BCUT2D eigenvalue weighted by Crippen LogP contribution is -2.29. The molecule has 0 radical (unpaired) electrons. The normalized spacial score (nSPS) is 39.0. The topological polar surface area (TPSA) is 20.2 Å². The smallest absolute Gasteiger partial charge is 0.0599 e. The van der Waals surface area contributed by atoms with E-state index in [1.165, 1.54) is 19.3 Å². The molecule has 70 valence electrons. The minimum atomic E-state index is 0.0155. The van der Waals surface area contributed by atoms with Crippen LogP contribution in [0, 0.1) is 16.7 Å². The van der Waals surface area contributed by atoms with Crippen molar-refractivity contribution in [1.82, 2.24) is 0 Å². The zero-order valence-corrected chi connectivity index (χ0v) is 8.43. The van der Waals surface area contributed by atoms with E-state index in [1.54, 1.807) is 0 Å². The lowest BCUT2D eigenvalue weighted by Gasteiger charge is -2.33. The summed E-state index contributed by atoms with van der Waals surface area (Å²) in [4.78, 5) is 0. The Morgan fingerprint density at radius 2 is 1.75 bits per heavy atom. The second-order valence-corrected chi connectivity index (χ2v) is 5.74. The van der Waals surface area contributed by atoms with Gasteiger partial charge in [-0.25, -0.2) is 0 Å². The minimum Gasteiger partial charge on any atom is -0.393 e. The fraction of sp³-hybridized carbons (Fsp3) is 1.00. The van der Waals surface area contributed by atoms with Crippen molar-refractivity contribution in [3.05, 3.63) is 0 Å². The van der Waals surface area contributed by atoms with Gasteiger partial charge in [0.05, 0.1) is 6.10 Å². The molecule has 2 fully saturated rings. The summed E-state index contributed by atoms with van der Waals surface area (Å²) in [6.45, 7) is 6.95. The van der Waals surface area contributed by atoms with Crippen LogP contribution in [-0.2, 0) is 0 Å². The monoisotopic (exact) mass is 168 g/mol.